The molecule has 1 aromatic carbocycles. The Morgan fingerprint density at radius 3 is 2.54 bits per heavy atom. The van der Waals surface area contributed by atoms with Gasteiger partial charge in [0.15, 0.2) is 0 Å². The number of nitroso groups, excluding NO2 is 1. The molecular formula is C8H8I2NOP. The van der Waals surface area contributed by atoms with Gasteiger partial charge >= 0.3 is 0 Å². The van der Waals surface area contributed by atoms with Gasteiger partial charge in [-0.2, -0.15) is 0 Å². The standard InChI is InChI=1S/C8H8I2NOP/c9-5-13(6-10)8-3-1-2-7(4-8)11-12/h1-4H,5-6H2. The molecule has 1 rings (SSSR count). The highest BCUT2D eigenvalue weighted by molar-refractivity contribution is 14.1. The number of hydrogen-bond donors (Lipinski definition) is 0. The zero-order valence-electron chi connectivity index (χ0n) is 6.78. The Morgan fingerprint density at radius 1 is 1.31 bits per heavy atom. The quantitative estimate of drug-likeness (QED) is 0.315. The van der Waals surface area contributed by atoms with Crippen molar-refractivity contribution in [3.05, 3.63) is 29.2 Å². The second-order valence-electron chi connectivity index (χ2n) is 2.39. The van der Waals surface area contributed by atoms with Gasteiger partial charge in [-0.3, -0.25) is 0 Å². The first-order valence-corrected chi connectivity index (χ1v) is 8.38. The molecule has 2 nitrogen and oxygen atoms in total. The van der Waals surface area contributed by atoms with Gasteiger partial charge in [0.1, 0.15) is 5.69 Å². The van der Waals surface area contributed by atoms with E-state index < -0.39 is 0 Å². The van der Waals surface area contributed by atoms with Gasteiger partial charge in [0.25, 0.3) is 0 Å². The van der Waals surface area contributed by atoms with Crippen molar-refractivity contribution < 1.29 is 0 Å². The van der Waals surface area contributed by atoms with Crippen LogP contribution in [0.4, 0.5) is 5.69 Å². The zero-order chi connectivity index (χ0) is 9.68. The van der Waals surface area contributed by atoms with Gasteiger partial charge in [0.2, 0.25) is 0 Å². The highest BCUT2D eigenvalue weighted by atomic mass is 127. The molecule has 13 heavy (non-hydrogen) atoms. The van der Waals surface area contributed by atoms with Crippen LogP contribution in [0.5, 0.6) is 0 Å². The molecule has 0 amide bonds. The molecule has 5 heteroatoms. The van der Waals surface area contributed by atoms with E-state index in [1.54, 1.807) is 6.07 Å². The maximum atomic E-state index is 10.3. The number of alkyl halides is 2. The molecule has 1 aromatic rings. The van der Waals surface area contributed by atoms with Gasteiger partial charge < -0.3 is 0 Å². The van der Waals surface area contributed by atoms with E-state index in [1.807, 2.05) is 12.1 Å². The molecule has 0 fully saturated rings. The fourth-order valence-electron chi connectivity index (χ4n) is 0.916. The van der Waals surface area contributed by atoms with Crippen molar-refractivity contribution in [2.75, 3.05) is 8.34 Å². The highest BCUT2D eigenvalue weighted by Crippen LogP contribution is 2.39. The first-order chi connectivity index (χ1) is 6.31. The van der Waals surface area contributed by atoms with Crippen LogP contribution in [0.2, 0.25) is 0 Å². The van der Waals surface area contributed by atoms with Crippen LogP contribution >= 0.6 is 53.1 Å². The topological polar surface area (TPSA) is 29.4 Å². The van der Waals surface area contributed by atoms with Crippen molar-refractivity contribution in [2.24, 2.45) is 5.18 Å². The van der Waals surface area contributed by atoms with Crippen LogP contribution in [0.25, 0.3) is 0 Å². The first-order valence-electron chi connectivity index (χ1n) is 3.62. The van der Waals surface area contributed by atoms with Gasteiger partial charge in [0, 0.05) is 8.34 Å². The van der Waals surface area contributed by atoms with Crippen molar-refractivity contribution >= 4 is 64.1 Å². The second-order valence-corrected chi connectivity index (χ2v) is 8.56. The van der Waals surface area contributed by atoms with Gasteiger partial charge in [-0.25, -0.2) is 0 Å². The molecule has 0 aliphatic carbocycles. The van der Waals surface area contributed by atoms with Crippen molar-refractivity contribution in [3.63, 3.8) is 0 Å². The fraction of sp³-hybridized carbons (Fsp3) is 0.250. The third kappa shape index (κ3) is 3.40. The van der Waals surface area contributed by atoms with Gasteiger partial charge in [-0.1, -0.05) is 65.2 Å². The van der Waals surface area contributed by atoms with Crippen LogP contribution in [0.3, 0.4) is 0 Å². The number of nitrogens with zero attached hydrogens (tertiary/aromatic N) is 1. The molecule has 0 unspecified atom stereocenters. The summed E-state index contributed by atoms with van der Waals surface area (Å²) in [5.41, 5.74) is 0.541. The Morgan fingerprint density at radius 2 is 2.00 bits per heavy atom. The average molecular weight is 419 g/mol. The van der Waals surface area contributed by atoms with Crippen molar-refractivity contribution in [3.8, 4) is 0 Å². The molecule has 0 bridgehead atoms. The Bertz CT molecular complexity index is 291. The Labute approximate surface area is 106 Å². The average Bonchev–Trinajstić information content (AvgIpc) is 2.20. The highest BCUT2D eigenvalue weighted by Gasteiger charge is 2.07. The maximum absolute atomic E-state index is 10.3. The minimum absolute atomic E-state index is 0.0988. The summed E-state index contributed by atoms with van der Waals surface area (Å²) in [6.45, 7) is 0. The molecule has 0 heterocycles. The van der Waals surface area contributed by atoms with Crippen molar-refractivity contribution in [1.82, 2.24) is 0 Å². The summed E-state index contributed by atoms with van der Waals surface area (Å²) < 4.78 is 2.27. The third-order valence-corrected chi connectivity index (χ3v) is 8.12. The Balaban J connectivity index is 2.92. The van der Waals surface area contributed by atoms with Gasteiger partial charge in [0.05, 0.1) is 0 Å². The molecule has 0 radical (unpaired) electrons. The molecule has 0 saturated heterocycles. The lowest BCUT2D eigenvalue weighted by Crippen LogP contribution is -2.00. The summed E-state index contributed by atoms with van der Waals surface area (Å²) >= 11 is 4.78. The predicted octanol–water partition coefficient (Wildman–Crippen LogP) is 3.98. The SMILES string of the molecule is O=Nc1cccc(P(CI)CI)c1. The summed E-state index contributed by atoms with van der Waals surface area (Å²) in [6, 6.07) is 7.62. The Kier molecular flexibility index (Phi) is 5.66. The van der Waals surface area contributed by atoms with Gasteiger partial charge in [-0.05, 0) is 22.6 Å². The lowest BCUT2D eigenvalue weighted by Gasteiger charge is -2.11. The number of hydrogen-bond acceptors (Lipinski definition) is 2. The molecule has 0 aliphatic rings. The van der Waals surface area contributed by atoms with E-state index in [4.69, 9.17) is 0 Å². The van der Waals surface area contributed by atoms with Crippen LogP contribution in [-0.2, 0) is 0 Å². The van der Waals surface area contributed by atoms with Gasteiger partial charge in [-0.15, -0.1) is 4.91 Å². The fourth-order valence-corrected chi connectivity index (χ4v) is 8.45. The molecule has 0 spiro atoms. The first kappa shape index (κ1) is 11.8. The van der Waals surface area contributed by atoms with Crippen molar-refractivity contribution in [2.45, 2.75) is 0 Å². The van der Waals surface area contributed by atoms with Crippen LogP contribution in [-0.4, -0.2) is 8.34 Å². The lowest BCUT2D eigenvalue weighted by molar-refractivity contribution is 1.51. The monoisotopic (exact) mass is 419 g/mol. The molecule has 0 aliphatic heterocycles. The molecule has 0 N–H and O–H groups in total. The summed E-state index contributed by atoms with van der Waals surface area (Å²) in [4.78, 5) is 10.3. The lowest BCUT2D eigenvalue weighted by atomic mass is 10.3. The van der Waals surface area contributed by atoms with E-state index in [0.717, 1.165) is 8.34 Å². The molecule has 0 saturated carbocycles. The third-order valence-electron chi connectivity index (χ3n) is 1.59. The van der Waals surface area contributed by atoms with E-state index in [9.17, 15) is 4.91 Å². The van der Waals surface area contributed by atoms with E-state index in [0.29, 0.717) is 5.69 Å². The summed E-state index contributed by atoms with van der Waals surface area (Å²) in [6.07, 6.45) is 0. The van der Waals surface area contributed by atoms with Crippen molar-refractivity contribution in [1.29, 1.82) is 0 Å². The second kappa shape index (κ2) is 6.24. The van der Waals surface area contributed by atoms with E-state index in [-0.39, 0.29) is 7.92 Å². The Hall–Kier alpha value is 0.710. The number of halogens is 2. The van der Waals surface area contributed by atoms with E-state index in [1.165, 1.54) is 5.30 Å². The normalized spacial score (nSPS) is 10.4. The number of benzene rings is 1. The molecule has 0 atom stereocenters. The molecule has 0 aromatic heterocycles. The van der Waals surface area contributed by atoms with Crippen LogP contribution < -0.4 is 5.30 Å². The summed E-state index contributed by atoms with van der Waals surface area (Å²) in [5, 5.41) is 4.21. The minimum atomic E-state index is -0.0988. The smallest absolute Gasteiger partial charge is 0.108 e. The van der Waals surface area contributed by atoms with Crippen LogP contribution in [0.1, 0.15) is 0 Å². The minimum Gasteiger partial charge on any atom is -0.145 e. The van der Waals surface area contributed by atoms with E-state index in [2.05, 4.69) is 56.4 Å². The largest absolute Gasteiger partial charge is 0.145 e. The summed E-state index contributed by atoms with van der Waals surface area (Å²) in [7, 11) is -0.0988. The summed E-state index contributed by atoms with van der Waals surface area (Å²) in [5.74, 6) is 0. The molecular weight excluding hydrogens is 411 g/mol. The number of rotatable bonds is 4. The van der Waals surface area contributed by atoms with E-state index >= 15 is 0 Å². The molecule has 70 valence electrons. The van der Waals surface area contributed by atoms with Crippen LogP contribution in [0.15, 0.2) is 29.4 Å². The predicted molar refractivity (Wildman–Crippen MR) is 76.2 cm³/mol. The maximum Gasteiger partial charge on any atom is 0.108 e. The zero-order valence-corrected chi connectivity index (χ0v) is 12.0. The van der Waals surface area contributed by atoms with Crippen LogP contribution in [0, 0.1) is 4.91 Å².